The first-order valence-corrected chi connectivity index (χ1v) is 6.22. The van der Waals surface area contributed by atoms with E-state index in [9.17, 15) is 4.39 Å². The van der Waals surface area contributed by atoms with Crippen molar-refractivity contribution in [2.75, 3.05) is 43.6 Å². The Morgan fingerprint density at radius 2 is 2.11 bits per heavy atom. The van der Waals surface area contributed by atoms with Crippen LogP contribution in [0.5, 0.6) is 0 Å². The van der Waals surface area contributed by atoms with Crippen LogP contribution in [0.1, 0.15) is 0 Å². The van der Waals surface area contributed by atoms with E-state index in [1.54, 1.807) is 13.1 Å². The van der Waals surface area contributed by atoms with Crippen LogP contribution in [-0.4, -0.2) is 38.5 Å². The highest BCUT2D eigenvalue weighted by Gasteiger charge is 2.15. The summed E-state index contributed by atoms with van der Waals surface area (Å²) < 4.78 is 19.3. The smallest absolute Gasteiger partial charge is 0.170 e. The van der Waals surface area contributed by atoms with E-state index in [0.717, 1.165) is 13.1 Å². The van der Waals surface area contributed by atoms with E-state index in [1.807, 2.05) is 11.0 Å². The zero-order chi connectivity index (χ0) is 13.0. The van der Waals surface area contributed by atoms with E-state index in [-0.39, 0.29) is 5.82 Å². The number of ether oxygens (including phenoxy) is 1. The summed E-state index contributed by atoms with van der Waals surface area (Å²) >= 11 is 4.97. The lowest BCUT2D eigenvalue weighted by atomic mass is 10.2. The minimum atomic E-state index is -0.249. The molecule has 0 amide bonds. The minimum absolute atomic E-state index is 0.249. The van der Waals surface area contributed by atoms with Crippen molar-refractivity contribution in [3.8, 4) is 0 Å². The summed E-state index contributed by atoms with van der Waals surface area (Å²) in [5.41, 5.74) is 1.25. The van der Waals surface area contributed by atoms with Gasteiger partial charge in [-0.05, 0) is 30.4 Å². The molecular weight excluding hydrogens is 253 g/mol. The first-order chi connectivity index (χ1) is 8.70. The van der Waals surface area contributed by atoms with Gasteiger partial charge in [-0.3, -0.25) is 0 Å². The van der Waals surface area contributed by atoms with Gasteiger partial charge >= 0.3 is 0 Å². The highest BCUT2D eigenvalue weighted by atomic mass is 32.1. The molecule has 1 fully saturated rings. The molecule has 1 aromatic carbocycles. The van der Waals surface area contributed by atoms with Crippen molar-refractivity contribution < 1.29 is 9.13 Å². The average molecular weight is 269 g/mol. The molecule has 0 saturated carbocycles. The van der Waals surface area contributed by atoms with Gasteiger partial charge in [0.05, 0.1) is 18.9 Å². The van der Waals surface area contributed by atoms with Gasteiger partial charge in [0.25, 0.3) is 0 Å². The molecule has 4 nitrogen and oxygen atoms in total. The van der Waals surface area contributed by atoms with E-state index in [0.29, 0.717) is 29.7 Å². The van der Waals surface area contributed by atoms with Crippen LogP contribution >= 0.6 is 12.2 Å². The Bertz CT molecular complexity index is 435. The number of anilines is 2. The van der Waals surface area contributed by atoms with Crippen molar-refractivity contribution in [2.24, 2.45) is 0 Å². The van der Waals surface area contributed by atoms with Crippen molar-refractivity contribution in [3.63, 3.8) is 0 Å². The fourth-order valence-electron chi connectivity index (χ4n) is 1.84. The standard InChI is InChI=1S/C12H16FN3OS/c1-14-12(18)15-9-2-3-11(10(13)8-9)16-4-6-17-7-5-16/h2-3,8H,4-7H2,1H3,(H2,14,15,18). The highest BCUT2D eigenvalue weighted by Crippen LogP contribution is 2.23. The number of hydrogen-bond acceptors (Lipinski definition) is 3. The quantitative estimate of drug-likeness (QED) is 0.797. The monoisotopic (exact) mass is 269 g/mol. The van der Waals surface area contributed by atoms with Crippen LogP contribution < -0.4 is 15.5 Å². The predicted octanol–water partition coefficient (Wildman–Crippen LogP) is 1.58. The van der Waals surface area contributed by atoms with Crippen molar-refractivity contribution in [1.29, 1.82) is 0 Å². The zero-order valence-corrected chi connectivity index (χ0v) is 11.0. The maximum Gasteiger partial charge on any atom is 0.170 e. The molecule has 0 aliphatic carbocycles. The second-order valence-corrected chi connectivity index (χ2v) is 4.38. The molecule has 0 bridgehead atoms. The van der Waals surface area contributed by atoms with Gasteiger partial charge in [-0.1, -0.05) is 0 Å². The molecule has 1 aromatic rings. The highest BCUT2D eigenvalue weighted by molar-refractivity contribution is 7.80. The Labute approximate surface area is 111 Å². The lowest BCUT2D eigenvalue weighted by Gasteiger charge is -2.29. The maximum atomic E-state index is 14.0. The molecular formula is C12H16FN3OS. The number of nitrogens with one attached hydrogen (secondary N) is 2. The van der Waals surface area contributed by atoms with E-state index < -0.39 is 0 Å². The van der Waals surface area contributed by atoms with Crippen LogP contribution in [0, 0.1) is 5.82 Å². The third-order valence-corrected chi connectivity index (χ3v) is 3.09. The van der Waals surface area contributed by atoms with Gasteiger partial charge in [-0.25, -0.2) is 4.39 Å². The van der Waals surface area contributed by atoms with Gasteiger partial charge in [-0.15, -0.1) is 0 Å². The molecule has 1 aliphatic heterocycles. The van der Waals surface area contributed by atoms with Gasteiger partial charge < -0.3 is 20.3 Å². The lowest BCUT2D eigenvalue weighted by molar-refractivity contribution is 0.122. The normalized spacial score (nSPS) is 15.3. The van der Waals surface area contributed by atoms with Crippen LogP contribution in [0.25, 0.3) is 0 Å². The van der Waals surface area contributed by atoms with Crippen molar-refractivity contribution in [2.45, 2.75) is 0 Å². The Morgan fingerprint density at radius 1 is 1.39 bits per heavy atom. The number of rotatable bonds is 2. The van der Waals surface area contributed by atoms with Crippen molar-refractivity contribution >= 4 is 28.7 Å². The van der Waals surface area contributed by atoms with E-state index in [1.165, 1.54) is 6.07 Å². The summed E-state index contributed by atoms with van der Waals surface area (Å²) in [6.45, 7) is 2.73. The summed E-state index contributed by atoms with van der Waals surface area (Å²) in [4.78, 5) is 1.99. The van der Waals surface area contributed by atoms with Gasteiger partial charge in [-0.2, -0.15) is 0 Å². The van der Waals surface area contributed by atoms with Crippen molar-refractivity contribution in [3.05, 3.63) is 24.0 Å². The third-order valence-electron chi connectivity index (χ3n) is 2.78. The summed E-state index contributed by atoms with van der Waals surface area (Å²) in [6, 6.07) is 5.03. The largest absolute Gasteiger partial charge is 0.378 e. The molecule has 2 N–H and O–H groups in total. The Morgan fingerprint density at radius 3 is 2.72 bits per heavy atom. The number of hydrogen-bond donors (Lipinski definition) is 2. The molecule has 98 valence electrons. The third kappa shape index (κ3) is 3.08. The summed E-state index contributed by atoms with van der Waals surface area (Å²) in [7, 11) is 1.72. The first-order valence-electron chi connectivity index (χ1n) is 5.81. The van der Waals surface area contributed by atoms with Gasteiger partial charge in [0.15, 0.2) is 5.11 Å². The van der Waals surface area contributed by atoms with Gasteiger partial charge in [0, 0.05) is 25.8 Å². The lowest BCUT2D eigenvalue weighted by Crippen LogP contribution is -2.36. The molecule has 0 spiro atoms. The van der Waals surface area contributed by atoms with E-state index >= 15 is 0 Å². The average Bonchev–Trinajstić information content (AvgIpc) is 2.40. The number of halogens is 1. The molecule has 0 atom stereocenters. The molecule has 0 radical (unpaired) electrons. The van der Waals surface area contributed by atoms with Crippen LogP contribution in [0.3, 0.4) is 0 Å². The van der Waals surface area contributed by atoms with Crippen LogP contribution in [0.15, 0.2) is 18.2 Å². The Kier molecular flexibility index (Phi) is 4.33. The summed E-state index contributed by atoms with van der Waals surface area (Å²) in [5.74, 6) is -0.249. The number of nitrogens with zero attached hydrogens (tertiary/aromatic N) is 1. The second-order valence-electron chi connectivity index (χ2n) is 3.97. The second kappa shape index (κ2) is 5.97. The fraction of sp³-hybridized carbons (Fsp3) is 0.417. The number of thiocarbonyl (C=S) groups is 1. The summed E-state index contributed by atoms with van der Waals surface area (Å²) in [6.07, 6.45) is 0. The first kappa shape index (κ1) is 13.0. The minimum Gasteiger partial charge on any atom is -0.378 e. The topological polar surface area (TPSA) is 36.5 Å². The van der Waals surface area contributed by atoms with Crippen LogP contribution in [0.4, 0.5) is 15.8 Å². The molecule has 1 heterocycles. The predicted molar refractivity (Wildman–Crippen MR) is 74.7 cm³/mol. The zero-order valence-electron chi connectivity index (χ0n) is 10.2. The van der Waals surface area contributed by atoms with Crippen LogP contribution in [-0.2, 0) is 4.74 Å². The molecule has 1 saturated heterocycles. The molecule has 0 aromatic heterocycles. The molecule has 6 heteroatoms. The van der Waals surface area contributed by atoms with Gasteiger partial charge in [0.1, 0.15) is 5.82 Å². The molecule has 18 heavy (non-hydrogen) atoms. The van der Waals surface area contributed by atoms with Crippen LogP contribution in [0.2, 0.25) is 0 Å². The Hall–Kier alpha value is -1.40. The van der Waals surface area contributed by atoms with E-state index in [4.69, 9.17) is 17.0 Å². The van der Waals surface area contributed by atoms with Crippen molar-refractivity contribution in [1.82, 2.24) is 5.32 Å². The fourth-order valence-corrected chi connectivity index (χ4v) is 1.96. The number of benzene rings is 1. The number of morpholine rings is 1. The maximum absolute atomic E-state index is 14.0. The SMILES string of the molecule is CNC(=S)Nc1ccc(N2CCOCC2)c(F)c1. The molecule has 0 unspecified atom stereocenters. The molecule has 2 rings (SSSR count). The Balaban J connectivity index is 2.11. The summed E-state index contributed by atoms with van der Waals surface area (Å²) in [5, 5.41) is 6.15. The molecule has 1 aliphatic rings. The van der Waals surface area contributed by atoms with E-state index in [2.05, 4.69) is 10.6 Å². The van der Waals surface area contributed by atoms with Gasteiger partial charge in [0.2, 0.25) is 0 Å².